The van der Waals surface area contributed by atoms with Crippen LogP contribution in [-0.2, 0) is 0 Å². The Hall–Kier alpha value is -1.29. The van der Waals surface area contributed by atoms with Crippen molar-refractivity contribution in [3.8, 4) is 6.07 Å². The summed E-state index contributed by atoms with van der Waals surface area (Å²) in [6.45, 7) is 4.41. The molecule has 80 valence electrons. The van der Waals surface area contributed by atoms with Crippen LogP contribution in [0.1, 0.15) is 56.6 Å². The summed E-state index contributed by atoms with van der Waals surface area (Å²) in [5.41, 5.74) is 2.09. The maximum absolute atomic E-state index is 9.05. The summed E-state index contributed by atoms with van der Waals surface area (Å²) in [6, 6.07) is 10.3. The normalized spacial score (nSPS) is 10.3. The van der Waals surface area contributed by atoms with Gasteiger partial charge in [0, 0.05) is 0 Å². The van der Waals surface area contributed by atoms with Crippen LogP contribution in [0.4, 0.5) is 0 Å². The first-order valence-corrected chi connectivity index (χ1v) is 5.82. The van der Waals surface area contributed by atoms with Gasteiger partial charge < -0.3 is 0 Å². The molecule has 0 spiro atoms. The molecule has 0 radical (unpaired) electrons. The van der Waals surface area contributed by atoms with E-state index in [1.165, 1.54) is 31.2 Å². The van der Waals surface area contributed by atoms with Crippen molar-refractivity contribution in [2.45, 2.75) is 45.4 Å². The van der Waals surface area contributed by atoms with Gasteiger partial charge in [-0.15, -0.1) is 0 Å². The number of nitrogens with zero attached hydrogens (tertiary/aromatic N) is 1. The van der Waals surface area contributed by atoms with E-state index in [0.29, 0.717) is 5.92 Å². The highest BCUT2D eigenvalue weighted by Crippen LogP contribution is 2.28. The van der Waals surface area contributed by atoms with Crippen LogP contribution in [0.2, 0.25) is 0 Å². The molecule has 0 fully saturated rings. The van der Waals surface area contributed by atoms with E-state index in [9.17, 15) is 0 Å². The molecule has 1 aromatic rings. The van der Waals surface area contributed by atoms with Crippen molar-refractivity contribution in [3.05, 3.63) is 35.4 Å². The van der Waals surface area contributed by atoms with Crippen molar-refractivity contribution >= 4 is 0 Å². The van der Waals surface area contributed by atoms with Crippen LogP contribution in [-0.4, -0.2) is 0 Å². The van der Waals surface area contributed by atoms with Gasteiger partial charge in [-0.2, -0.15) is 5.26 Å². The number of nitriles is 1. The number of hydrogen-bond donors (Lipinski definition) is 0. The lowest BCUT2D eigenvalue weighted by atomic mass is 9.88. The molecule has 0 heterocycles. The second kappa shape index (κ2) is 6.24. The van der Waals surface area contributed by atoms with Crippen molar-refractivity contribution < 1.29 is 0 Å². The minimum absolute atomic E-state index is 0.566. The summed E-state index contributed by atoms with van der Waals surface area (Å²) in [5, 5.41) is 9.05. The third-order valence-corrected chi connectivity index (χ3v) is 2.80. The van der Waals surface area contributed by atoms with Gasteiger partial charge in [0.25, 0.3) is 0 Å². The molecule has 1 rings (SSSR count). The Balaban J connectivity index is 2.94. The molecule has 0 aliphatic carbocycles. The van der Waals surface area contributed by atoms with Crippen LogP contribution in [0.5, 0.6) is 0 Å². The van der Waals surface area contributed by atoms with Crippen molar-refractivity contribution in [1.82, 2.24) is 0 Å². The fraction of sp³-hybridized carbons (Fsp3) is 0.500. The second-order valence-electron chi connectivity index (χ2n) is 3.97. The molecule has 1 heteroatoms. The Morgan fingerprint density at radius 1 is 1.13 bits per heavy atom. The fourth-order valence-corrected chi connectivity index (χ4v) is 2.11. The lowest BCUT2D eigenvalue weighted by Gasteiger charge is -2.16. The first kappa shape index (κ1) is 11.8. The minimum atomic E-state index is 0.566. The van der Waals surface area contributed by atoms with E-state index in [1.807, 2.05) is 18.2 Å². The molecule has 0 unspecified atom stereocenters. The molecule has 0 bridgehead atoms. The summed E-state index contributed by atoms with van der Waals surface area (Å²) >= 11 is 0. The topological polar surface area (TPSA) is 23.8 Å². The first-order chi connectivity index (χ1) is 7.33. The van der Waals surface area contributed by atoms with E-state index >= 15 is 0 Å². The van der Waals surface area contributed by atoms with Crippen molar-refractivity contribution in [2.24, 2.45) is 0 Å². The van der Waals surface area contributed by atoms with Crippen molar-refractivity contribution in [1.29, 1.82) is 5.26 Å². The van der Waals surface area contributed by atoms with Crippen molar-refractivity contribution in [3.63, 3.8) is 0 Å². The molecule has 0 saturated heterocycles. The van der Waals surface area contributed by atoms with E-state index in [0.717, 1.165) is 5.56 Å². The van der Waals surface area contributed by atoms with Gasteiger partial charge in [0.15, 0.2) is 0 Å². The summed E-state index contributed by atoms with van der Waals surface area (Å²) in [5.74, 6) is 0.566. The van der Waals surface area contributed by atoms with Gasteiger partial charge in [-0.3, -0.25) is 0 Å². The molecule has 0 saturated carbocycles. The van der Waals surface area contributed by atoms with Gasteiger partial charge in [-0.05, 0) is 30.4 Å². The zero-order chi connectivity index (χ0) is 11.1. The molecule has 0 aliphatic heterocycles. The van der Waals surface area contributed by atoms with Gasteiger partial charge in [0.05, 0.1) is 11.6 Å². The number of benzene rings is 1. The number of rotatable bonds is 5. The Kier molecular flexibility index (Phi) is 4.90. The molecular formula is C14H19N. The highest BCUT2D eigenvalue weighted by Gasteiger charge is 2.12. The molecule has 1 nitrogen and oxygen atoms in total. The number of hydrogen-bond acceptors (Lipinski definition) is 1. The summed E-state index contributed by atoms with van der Waals surface area (Å²) in [7, 11) is 0. The fourth-order valence-electron chi connectivity index (χ4n) is 2.11. The Morgan fingerprint density at radius 3 is 2.27 bits per heavy atom. The molecule has 0 aromatic heterocycles. The van der Waals surface area contributed by atoms with E-state index in [2.05, 4.69) is 26.0 Å². The van der Waals surface area contributed by atoms with Gasteiger partial charge in [0.2, 0.25) is 0 Å². The minimum Gasteiger partial charge on any atom is -0.192 e. The SMILES string of the molecule is CCCC(CCC)c1ccccc1C#N. The Labute approximate surface area is 92.7 Å². The van der Waals surface area contributed by atoms with Crippen LogP contribution in [0.25, 0.3) is 0 Å². The van der Waals surface area contributed by atoms with Gasteiger partial charge >= 0.3 is 0 Å². The van der Waals surface area contributed by atoms with Gasteiger partial charge in [0.1, 0.15) is 0 Å². The summed E-state index contributed by atoms with van der Waals surface area (Å²) < 4.78 is 0. The smallest absolute Gasteiger partial charge is 0.0994 e. The Bertz CT molecular complexity index is 329. The highest BCUT2D eigenvalue weighted by molar-refractivity contribution is 5.39. The predicted molar refractivity (Wildman–Crippen MR) is 63.7 cm³/mol. The molecular weight excluding hydrogens is 182 g/mol. The van der Waals surface area contributed by atoms with Crippen molar-refractivity contribution in [2.75, 3.05) is 0 Å². The third-order valence-electron chi connectivity index (χ3n) is 2.80. The Morgan fingerprint density at radius 2 is 1.73 bits per heavy atom. The zero-order valence-corrected chi connectivity index (χ0v) is 9.66. The maximum Gasteiger partial charge on any atom is 0.0994 e. The predicted octanol–water partition coefficient (Wildman–Crippen LogP) is 4.24. The van der Waals surface area contributed by atoms with Crippen LogP contribution in [0, 0.1) is 11.3 Å². The van der Waals surface area contributed by atoms with E-state index in [1.54, 1.807) is 0 Å². The molecule has 15 heavy (non-hydrogen) atoms. The van der Waals surface area contributed by atoms with Gasteiger partial charge in [-0.1, -0.05) is 44.9 Å². The maximum atomic E-state index is 9.05. The monoisotopic (exact) mass is 201 g/mol. The second-order valence-corrected chi connectivity index (χ2v) is 3.97. The van der Waals surface area contributed by atoms with Crippen LogP contribution < -0.4 is 0 Å². The first-order valence-electron chi connectivity index (χ1n) is 5.82. The van der Waals surface area contributed by atoms with E-state index < -0.39 is 0 Å². The lowest BCUT2D eigenvalue weighted by Crippen LogP contribution is -2.00. The molecule has 0 atom stereocenters. The van der Waals surface area contributed by atoms with Crippen LogP contribution >= 0.6 is 0 Å². The summed E-state index contributed by atoms with van der Waals surface area (Å²) in [6.07, 6.45) is 4.74. The molecule has 0 aliphatic rings. The molecule has 1 aromatic carbocycles. The standard InChI is InChI=1S/C14H19N/c1-3-7-12(8-4-2)14-10-6-5-9-13(14)11-15/h5-6,9-10,12H,3-4,7-8H2,1-2H3. The quantitative estimate of drug-likeness (QED) is 0.699. The zero-order valence-electron chi connectivity index (χ0n) is 9.66. The molecule has 0 N–H and O–H groups in total. The van der Waals surface area contributed by atoms with Crippen LogP contribution in [0.15, 0.2) is 24.3 Å². The van der Waals surface area contributed by atoms with E-state index in [4.69, 9.17) is 5.26 Å². The lowest BCUT2D eigenvalue weighted by molar-refractivity contribution is 0.560. The van der Waals surface area contributed by atoms with Crippen LogP contribution in [0.3, 0.4) is 0 Å². The summed E-state index contributed by atoms with van der Waals surface area (Å²) in [4.78, 5) is 0. The average Bonchev–Trinajstić information content (AvgIpc) is 2.29. The highest BCUT2D eigenvalue weighted by atomic mass is 14.3. The molecule has 0 amide bonds. The van der Waals surface area contributed by atoms with E-state index in [-0.39, 0.29) is 0 Å². The van der Waals surface area contributed by atoms with Gasteiger partial charge in [-0.25, -0.2) is 0 Å². The average molecular weight is 201 g/mol. The largest absolute Gasteiger partial charge is 0.192 e. The third kappa shape index (κ3) is 3.09.